The lowest BCUT2D eigenvalue weighted by Crippen LogP contribution is -2.49. The highest BCUT2D eigenvalue weighted by Gasteiger charge is 2.33. The van der Waals surface area contributed by atoms with E-state index in [-0.39, 0.29) is 6.42 Å². The molecule has 0 aliphatic heterocycles. The zero-order valence-corrected chi connectivity index (χ0v) is 9.05. The molecule has 5 nitrogen and oxygen atoms in total. The molecule has 0 saturated carbocycles. The number of carbonyl (C=O) groups is 2. The van der Waals surface area contributed by atoms with Crippen molar-refractivity contribution in [2.24, 2.45) is 0 Å². The van der Waals surface area contributed by atoms with Crippen molar-refractivity contribution in [1.29, 1.82) is 0 Å². The van der Waals surface area contributed by atoms with Gasteiger partial charge in [-0.25, -0.2) is 4.79 Å². The topological polar surface area (TPSA) is 86.6 Å². The van der Waals surface area contributed by atoms with Gasteiger partial charge >= 0.3 is 5.97 Å². The van der Waals surface area contributed by atoms with Gasteiger partial charge in [-0.1, -0.05) is 15.9 Å². The summed E-state index contributed by atoms with van der Waals surface area (Å²) in [6, 6.07) is 0. The van der Waals surface area contributed by atoms with Gasteiger partial charge in [-0.05, 0) is 15.9 Å². The van der Waals surface area contributed by atoms with Crippen LogP contribution in [0.25, 0.3) is 0 Å². The van der Waals surface area contributed by atoms with Crippen LogP contribution >= 0.6 is 31.9 Å². The van der Waals surface area contributed by atoms with Gasteiger partial charge in [-0.3, -0.25) is 4.79 Å². The van der Waals surface area contributed by atoms with E-state index in [1.165, 1.54) is 0 Å². The fourth-order valence-corrected chi connectivity index (χ4v) is 0.968. The second kappa shape index (κ2) is 4.78. The Morgan fingerprint density at radius 1 is 1.50 bits per heavy atom. The van der Waals surface area contributed by atoms with Crippen molar-refractivity contribution >= 4 is 43.7 Å². The van der Waals surface area contributed by atoms with Crippen LogP contribution in [0.4, 0.5) is 0 Å². The Morgan fingerprint density at radius 3 is 2.33 bits per heavy atom. The molecule has 0 aliphatic rings. The number of hydrogen-bond donors (Lipinski definition) is 3. The SMILES string of the molecule is O=C(CCBr)NC(O)(Br)C(=O)O. The van der Waals surface area contributed by atoms with Crippen LogP contribution in [-0.4, -0.2) is 32.1 Å². The summed E-state index contributed by atoms with van der Waals surface area (Å²) in [5, 5.41) is 19.6. The molecular weight excluding hydrogens is 298 g/mol. The predicted octanol–water partition coefficient (Wildman–Crippen LogP) is 0.0132. The van der Waals surface area contributed by atoms with Gasteiger partial charge in [0, 0.05) is 11.8 Å². The van der Waals surface area contributed by atoms with E-state index >= 15 is 0 Å². The molecule has 0 aliphatic carbocycles. The number of carboxylic acid groups (broad SMARTS) is 1. The van der Waals surface area contributed by atoms with Gasteiger partial charge in [0.2, 0.25) is 5.91 Å². The van der Waals surface area contributed by atoms with Crippen molar-refractivity contribution < 1.29 is 19.8 Å². The van der Waals surface area contributed by atoms with E-state index in [4.69, 9.17) is 10.2 Å². The number of amides is 1. The molecule has 70 valence electrons. The van der Waals surface area contributed by atoms with E-state index in [1.54, 1.807) is 0 Å². The van der Waals surface area contributed by atoms with Gasteiger partial charge in [0.25, 0.3) is 4.63 Å². The minimum Gasteiger partial charge on any atom is -0.477 e. The van der Waals surface area contributed by atoms with E-state index in [2.05, 4.69) is 31.9 Å². The molecule has 0 bridgehead atoms. The van der Waals surface area contributed by atoms with Crippen LogP contribution in [0, 0.1) is 0 Å². The van der Waals surface area contributed by atoms with Gasteiger partial charge in [0.1, 0.15) is 0 Å². The predicted molar refractivity (Wildman–Crippen MR) is 48.1 cm³/mol. The molecule has 0 saturated heterocycles. The third kappa shape index (κ3) is 4.03. The maximum absolute atomic E-state index is 10.8. The number of aliphatic carboxylic acids is 1. The Morgan fingerprint density at radius 2 is 2.00 bits per heavy atom. The Balaban J connectivity index is 4.06. The molecule has 1 amide bonds. The first kappa shape index (κ1) is 11.9. The molecule has 0 aromatic heterocycles. The molecule has 3 N–H and O–H groups in total. The smallest absolute Gasteiger partial charge is 0.369 e. The molecule has 0 heterocycles. The lowest BCUT2D eigenvalue weighted by Gasteiger charge is -2.16. The van der Waals surface area contributed by atoms with Crippen LogP contribution in [0.2, 0.25) is 0 Å². The van der Waals surface area contributed by atoms with Gasteiger partial charge in [0.05, 0.1) is 0 Å². The third-order valence-corrected chi connectivity index (χ3v) is 1.84. The first-order valence-electron chi connectivity index (χ1n) is 2.92. The summed E-state index contributed by atoms with van der Waals surface area (Å²) >= 11 is 5.42. The fourth-order valence-electron chi connectivity index (χ4n) is 0.387. The van der Waals surface area contributed by atoms with Crippen molar-refractivity contribution in [3.05, 3.63) is 0 Å². The third-order valence-electron chi connectivity index (χ3n) is 0.910. The van der Waals surface area contributed by atoms with Crippen LogP contribution < -0.4 is 5.32 Å². The molecule has 0 aromatic rings. The Hall–Kier alpha value is -0.140. The summed E-state index contributed by atoms with van der Waals surface area (Å²) in [6.07, 6.45) is 0.0984. The molecule has 1 atom stereocenters. The van der Waals surface area contributed by atoms with E-state index in [0.29, 0.717) is 5.33 Å². The number of carbonyl (C=O) groups excluding carboxylic acids is 1. The Kier molecular flexibility index (Phi) is 4.73. The first-order chi connectivity index (χ1) is 5.40. The second-order valence-corrected chi connectivity index (χ2v) is 3.86. The molecule has 1 unspecified atom stereocenters. The Bertz CT molecular complexity index is 194. The monoisotopic (exact) mass is 303 g/mol. The van der Waals surface area contributed by atoms with Gasteiger partial charge in [0.15, 0.2) is 0 Å². The second-order valence-electron chi connectivity index (χ2n) is 1.91. The number of hydrogen-bond acceptors (Lipinski definition) is 3. The highest BCUT2D eigenvalue weighted by Crippen LogP contribution is 2.09. The van der Waals surface area contributed by atoms with Crippen LogP contribution in [0.5, 0.6) is 0 Å². The molecule has 7 heteroatoms. The minimum atomic E-state index is -2.37. The number of carboxylic acids is 1. The molecule has 0 rings (SSSR count). The van der Waals surface area contributed by atoms with E-state index in [1.807, 2.05) is 5.32 Å². The average molecular weight is 305 g/mol. The standard InChI is InChI=1S/C5H7Br2NO4/c6-2-1-3(9)8-5(7,12)4(10)11/h12H,1-2H2,(H,8,9)(H,10,11). The van der Waals surface area contributed by atoms with Crippen LogP contribution in [0.3, 0.4) is 0 Å². The normalized spacial score (nSPS) is 14.9. The average Bonchev–Trinajstić information content (AvgIpc) is 1.85. The Labute approximate surface area is 85.4 Å². The number of aliphatic hydroxyl groups is 1. The summed E-state index contributed by atoms with van der Waals surface area (Å²) in [5.41, 5.74) is 0. The van der Waals surface area contributed by atoms with Crippen molar-refractivity contribution in [3.63, 3.8) is 0 Å². The van der Waals surface area contributed by atoms with Crippen LogP contribution in [-0.2, 0) is 9.59 Å². The van der Waals surface area contributed by atoms with E-state index < -0.39 is 16.5 Å². The summed E-state index contributed by atoms with van der Waals surface area (Å²) in [6.45, 7) is 0. The maximum atomic E-state index is 10.8. The van der Waals surface area contributed by atoms with Gasteiger partial charge < -0.3 is 15.5 Å². The lowest BCUT2D eigenvalue weighted by atomic mass is 10.4. The summed E-state index contributed by atoms with van der Waals surface area (Å²) in [4.78, 5) is 21.0. The fraction of sp³-hybridized carbons (Fsp3) is 0.600. The van der Waals surface area contributed by atoms with Crippen molar-refractivity contribution in [3.8, 4) is 0 Å². The molecular formula is C5H7Br2NO4. The highest BCUT2D eigenvalue weighted by atomic mass is 79.9. The molecule has 0 spiro atoms. The summed E-state index contributed by atoms with van der Waals surface area (Å²) in [7, 11) is 0. The summed E-state index contributed by atoms with van der Waals surface area (Å²) in [5.74, 6) is -2.13. The van der Waals surface area contributed by atoms with E-state index in [0.717, 1.165) is 0 Å². The largest absolute Gasteiger partial charge is 0.477 e. The van der Waals surface area contributed by atoms with Crippen molar-refractivity contribution in [1.82, 2.24) is 5.32 Å². The van der Waals surface area contributed by atoms with Crippen molar-refractivity contribution in [2.45, 2.75) is 11.1 Å². The van der Waals surface area contributed by atoms with Gasteiger partial charge in [-0.15, -0.1) is 0 Å². The quantitative estimate of drug-likeness (QED) is 0.388. The zero-order valence-electron chi connectivity index (χ0n) is 5.88. The molecule has 12 heavy (non-hydrogen) atoms. The zero-order chi connectivity index (χ0) is 9.78. The molecule has 0 radical (unpaired) electrons. The molecule has 0 fully saturated rings. The first-order valence-corrected chi connectivity index (χ1v) is 4.83. The lowest BCUT2D eigenvalue weighted by molar-refractivity contribution is -0.153. The number of halogens is 2. The van der Waals surface area contributed by atoms with E-state index in [9.17, 15) is 9.59 Å². The number of rotatable bonds is 4. The van der Waals surface area contributed by atoms with Crippen LogP contribution in [0.15, 0.2) is 0 Å². The van der Waals surface area contributed by atoms with Crippen molar-refractivity contribution in [2.75, 3.05) is 5.33 Å². The van der Waals surface area contributed by atoms with Crippen LogP contribution in [0.1, 0.15) is 6.42 Å². The molecule has 0 aromatic carbocycles. The maximum Gasteiger partial charge on any atom is 0.369 e. The highest BCUT2D eigenvalue weighted by molar-refractivity contribution is 9.10. The van der Waals surface area contributed by atoms with Gasteiger partial charge in [-0.2, -0.15) is 0 Å². The number of nitrogens with one attached hydrogen (secondary N) is 1. The summed E-state index contributed by atoms with van der Waals surface area (Å²) < 4.78 is -2.37. The minimum absolute atomic E-state index is 0.0984. The number of alkyl halides is 2.